The van der Waals surface area contributed by atoms with Gasteiger partial charge >= 0.3 is 26.2 Å². The molecule has 4 aliphatic heterocycles. The Hall–Kier alpha value is -6.85. The first-order valence-electron chi connectivity index (χ1n) is 27.3. The Bertz CT molecular complexity index is 3490. The van der Waals surface area contributed by atoms with Gasteiger partial charge in [-0.05, 0) is 91.6 Å². The number of carboxylic acid groups (broad SMARTS) is 1. The van der Waals surface area contributed by atoms with Crippen LogP contribution < -0.4 is 46.8 Å². The van der Waals surface area contributed by atoms with Crippen molar-refractivity contribution >= 4 is 70.3 Å². The quantitative estimate of drug-likeness (QED) is 0.0518. The minimum absolute atomic E-state index is 0.0437. The van der Waals surface area contributed by atoms with Crippen LogP contribution in [0.4, 0.5) is 20.2 Å². The van der Waals surface area contributed by atoms with Crippen LogP contribution in [0.1, 0.15) is 94.1 Å². The summed E-state index contributed by atoms with van der Waals surface area (Å²) in [7, 11) is -2.28. The first-order valence-corrected chi connectivity index (χ1v) is 27.3. The van der Waals surface area contributed by atoms with Gasteiger partial charge in [0.25, 0.3) is 0 Å². The Morgan fingerprint density at radius 1 is 0.696 bits per heavy atom. The summed E-state index contributed by atoms with van der Waals surface area (Å²) in [6.07, 6.45) is 7.32. The molecule has 0 spiro atoms. The molecule has 2 saturated heterocycles. The molecule has 0 amide bonds. The molecule has 6 aliphatic rings. The maximum atomic E-state index is 16.1. The Morgan fingerprint density at radius 2 is 1.25 bits per heavy atom. The van der Waals surface area contributed by atoms with Crippen molar-refractivity contribution in [3.8, 4) is 11.5 Å². The highest BCUT2D eigenvalue weighted by molar-refractivity contribution is 6.63. The average molecular weight is 1080 g/mol. The summed E-state index contributed by atoms with van der Waals surface area (Å²) in [4.78, 5) is 61.1. The molecule has 1 atom stereocenters. The normalized spacial score (nSPS) is 18.7. The summed E-state index contributed by atoms with van der Waals surface area (Å²) in [5.74, 6) is -2.33. The van der Waals surface area contributed by atoms with Gasteiger partial charge in [0.15, 0.2) is 0 Å². The molecule has 412 valence electrons. The van der Waals surface area contributed by atoms with Crippen molar-refractivity contribution in [2.75, 3.05) is 95.0 Å². The lowest BCUT2D eigenvalue weighted by Gasteiger charge is -2.36. The van der Waals surface area contributed by atoms with Gasteiger partial charge in [0.05, 0.1) is 48.3 Å². The number of pyridine rings is 2. The molecule has 4 aromatic carbocycles. The lowest BCUT2D eigenvalue weighted by atomic mass is 9.78. The van der Waals surface area contributed by atoms with E-state index in [0.717, 1.165) is 44.2 Å². The number of anilines is 2. The average Bonchev–Trinajstić information content (AvgIpc) is 4.45. The van der Waals surface area contributed by atoms with E-state index < -0.39 is 48.7 Å². The van der Waals surface area contributed by atoms with Gasteiger partial charge in [0, 0.05) is 118 Å². The predicted octanol–water partition coefficient (Wildman–Crippen LogP) is 3.44. The van der Waals surface area contributed by atoms with Crippen molar-refractivity contribution < 1.29 is 57.0 Å². The second kappa shape index (κ2) is 22.0. The van der Waals surface area contributed by atoms with Crippen molar-refractivity contribution in [2.45, 2.75) is 69.9 Å². The molecule has 2 saturated carbocycles. The van der Waals surface area contributed by atoms with E-state index in [1.165, 1.54) is 24.5 Å². The smallest absolute Gasteiger partial charge is 0.494 e. The molecule has 6 aromatic rings. The summed E-state index contributed by atoms with van der Waals surface area (Å²) >= 11 is 0. The van der Waals surface area contributed by atoms with Crippen molar-refractivity contribution in [3.63, 3.8) is 0 Å². The van der Waals surface area contributed by atoms with Crippen LogP contribution in [-0.4, -0.2) is 145 Å². The van der Waals surface area contributed by atoms with Crippen molar-refractivity contribution in [2.24, 2.45) is 5.73 Å². The van der Waals surface area contributed by atoms with Crippen LogP contribution in [0.5, 0.6) is 11.5 Å². The summed E-state index contributed by atoms with van der Waals surface area (Å²) in [6, 6.07) is 15.0. The van der Waals surface area contributed by atoms with Crippen molar-refractivity contribution in [1.82, 2.24) is 18.9 Å². The molecule has 5 N–H and O–H groups in total. The zero-order chi connectivity index (χ0) is 54.6. The molecule has 0 bridgehead atoms. The van der Waals surface area contributed by atoms with E-state index in [0.29, 0.717) is 134 Å². The third kappa shape index (κ3) is 10.6. The molecule has 2 aliphatic carbocycles. The van der Waals surface area contributed by atoms with Gasteiger partial charge in [-0.3, -0.25) is 19.4 Å². The standard InChI is InChI=1S/C56H61B2F2N7O12/c59-42-24-38-44(66(35-6-7-35)29-40(53(38)68)55(70)71)26-46(42)64-18-14-63(15-19-64)11-3-21-76-49-23-33(22-34-32-78-57(73)51(34)49)31-77-56(72)41-30-67(36-8-9-36)45-27-47(43(60)25-39(45)54(41)69)65-16-12-62(13-17-65)10-2-20-75-48-5-1-4-37-50(28-61)79-58(74)52(37)48/h1,4-5,22-27,29-30,35-36,50,73-74H,2-3,6-21,28,31-32,61H2,(H,70,71). The molecular weight excluding hydrogens is 1020 g/mol. The van der Waals surface area contributed by atoms with E-state index in [2.05, 4.69) is 9.80 Å². The molecule has 2 aromatic heterocycles. The summed E-state index contributed by atoms with van der Waals surface area (Å²) in [5.41, 5.74) is 9.00. The van der Waals surface area contributed by atoms with Crippen molar-refractivity contribution in [3.05, 3.63) is 127 Å². The van der Waals surface area contributed by atoms with E-state index in [9.17, 15) is 34.3 Å². The van der Waals surface area contributed by atoms with Crippen LogP contribution in [0.2, 0.25) is 0 Å². The minimum Gasteiger partial charge on any atom is -0.494 e. The van der Waals surface area contributed by atoms with E-state index in [1.54, 1.807) is 28.8 Å². The fraction of sp³-hybridized carbons (Fsp3) is 0.429. The van der Waals surface area contributed by atoms with Crippen LogP contribution in [-0.2, 0) is 27.3 Å². The van der Waals surface area contributed by atoms with Gasteiger partial charge in [0.1, 0.15) is 40.9 Å². The van der Waals surface area contributed by atoms with Gasteiger partial charge < -0.3 is 63.3 Å². The number of benzene rings is 4. The fourth-order valence-electron chi connectivity index (χ4n) is 11.7. The summed E-state index contributed by atoms with van der Waals surface area (Å²) in [5, 5.41) is 31.0. The van der Waals surface area contributed by atoms with Crippen LogP contribution in [0.25, 0.3) is 21.8 Å². The predicted molar refractivity (Wildman–Crippen MR) is 292 cm³/mol. The summed E-state index contributed by atoms with van der Waals surface area (Å²) in [6.45, 7) is 7.24. The number of piperazine rings is 2. The molecule has 0 radical (unpaired) electrons. The number of carbonyl (C=O) groups is 2. The highest BCUT2D eigenvalue weighted by atomic mass is 19.1. The number of aromatic nitrogens is 2. The van der Waals surface area contributed by atoms with Crippen LogP contribution in [0.3, 0.4) is 0 Å². The number of hydrogen-bond donors (Lipinski definition) is 4. The van der Waals surface area contributed by atoms with Crippen molar-refractivity contribution in [1.29, 1.82) is 0 Å². The number of fused-ring (bicyclic) bond motifs is 4. The first kappa shape index (κ1) is 52.8. The molecule has 23 heteroatoms. The first-order chi connectivity index (χ1) is 38.3. The van der Waals surface area contributed by atoms with E-state index in [1.807, 2.05) is 32.6 Å². The second-order valence-electron chi connectivity index (χ2n) is 21.4. The third-order valence-corrected chi connectivity index (χ3v) is 16.2. The Labute approximate surface area is 453 Å². The Kier molecular flexibility index (Phi) is 14.7. The zero-order valence-electron chi connectivity index (χ0n) is 43.6. The highest BCUT2D eigenvalue weighted by Gasteiger charge is 2.38. The number of carbonyl (C=O) groups excluding carboxylic acids is 1. The number of hydrogen-bond acceptors (Lipinski definition) is 16. The lowest BCUT2D eigenvalue weighted by molar-refractivity contribution is 0.0469. The van der Waals surface area contributed by atoms with Gasteiger partial charge in [-0.15, -0.1) is 0 Å². The molecular formula is C56H61B2F2N7O12. The maximum absolute atomic E-state index is 16.1. The Balaban J connectivity index is 0.647. The van der Waals surface area contributed by atoms with Crippen LogP contribution >= 0.6 is 0 Å². The van der Waals surface area contributed by atoms with E-state index >= 15 is 8.78 Å². The number of halogens is 2. The number of ether oxygens (including phenoxy) is 3. The van der Waals surface area contributed by atoms with E-state index in [-0.39, 0.29) is 59.8 Å². The number of rotatable bonds is 19. The number of carboxylic acids is 1. The third-order valence-electron chi connectivity index (χ3n) is 16.2. The fourth-order valence-corrected chi connectivity index (χ4v) is 11.7. The largest absolute Gasteiger partial charge is 0.495 e. The van der Waals surface area contributed by atoms with Crippen LogP contribution in [0.15, 0.2) is 76.6 Å². The SMILES string of the molecule is NCC1OB(O)c2c(OCCCN3CCN(c4cc5c(cc4F)c(=O)c(C(=O)OCc4cc6c(c(OCCCN7CCN(c8cc9c(cc8F)c(=O)c(C(=O)O)cn9C8CC8)CC7)c4)B(O)OC6)cn5C4CC4)CC3)cccc21. The number of aromatic carboxylic acids is 1. The Morgan fingerprint density at radius 3 is 1.81 bits per heavy atom. The topological polar surface area (TPSA) is 224 Å². The second-order valence-corrected chi connectivity index (χ2v) is 21.4. The molecule has 1 unspecified atom stereocenters. The van der Waals surface area contributed by atoms with Crippen LogP contribution in [0, 0.1) is 11.6 Å². The van der Waals surface area contributed by atoms with Gasteiger partial charge in [-0.25, -0.2) is 18.4 Å². The molecule has 79 heavy (non-hydrogen) atoms. The number of nitrogens with two attached hydrogens (primary N) is 1. The lowest BCUT2D eigenvalue weighted by Crippen LogP contribution is -2.47. The molecule has 19 nitrogen and oxygen atoms in total. The number of esters is 1. The molecule has 6 heterocycles. The minimum atomic E-state index is -1.33. The zero-order valence-corrected chi connectivity index (χ0v) is 43.6. The molecule has 4 fully saturated rings. The van der Waals surface area contributed by atoms with Gasteiger partial charge in [-0.2, -0.15) is 0 Å². The van der Waals surface area contributed by atoms with E-state index in [4.69, 9.17) is 29.3 Å². The van der Waals surface area contributed by atoms with Gasteiger partial charge in [-0.1, -0.05) is 18.2 Å². The van der Waals surface area contributed by atoms with Gasteiger partial charge in [0.2, 0.25) is 10.9 Å². The highest BCUT2D eigenvalue weighted by Crippen LogP contribution is 2.40. The number of nitrogens with zero attached hydrogens (tertiary/aromatic N) is 6. The summed E-state index contributed by atoms with van der Waals surface area (Å²) < 4.78 is 64.7. The molecule has 12 rings (SSSR count). The monoisotopic (exact) mass is 1080 g/mol. The maximum Gasteiger partial charge on any atom is 0.495 e.